The number of benzene rings is 1. The van der Waals surface area contributed by atoms with E-state index in [1.54, 1.807) is 0 Å². The van der Waals surface area contributed by atoms with E-state index < -0.39 is 0 Å². The number of thiazole rings is 1. The van der Waals surface area contributed by atoms with E-state index in [0.29, 0.717) is 11.4 Å². The van der Waals surface area contributed by atoms with Crippen LogP contribution in [-0.4, -0.2) is 4.98 Å². The third kappa shape index (κ3) is 1.89. The first kappa shape index (κ1) is 9.84. The van der Waals surface area contributed by atoms with E-state index in [1.165, 1.54) is 11.3 Å². The number of nitriles is 1. The zero-order valence-corrected chi connectivity index (χ0v) is 8.79. The van der Waals surface area contributed by atoms with Crippen molar-refractivity contribution in [3.05, 3.63) is 40.2 Å². The average Bonchev–Trinajstić information content (AvgIpc) is 2.73. The number of aromatic nitrogens is 1. The Balaban J connectivity index is 2.53. The van der Waals surface area contributed by atoms with Gasteiger partial charge in [0.05, 0.1) is 5.69 Å². The summed E-state index contributed by atoms with van der Waals surface area (Å²) in [5.41, 5.74) is 7.21. The second-order valence-corrected chi connectivity index (χ2v) is 4.05. The van der Waals surface area contributed by atoms with Crippen LogP contribution in [0.2, 0.25) is 0 Å². The predicted molar refractivity (Wildman–Crippen MR) is 60.2 cm³/mol. The summed E-state index contributed by atoms with van der Waals surface area (Å²) in [5.74, 6) is 0. The van der Waals surface area contributed by atoms with Gasteiger partial charge in [0.25, 0.3) is 0 Å². The van der Waals surface area contributed by atoms with Crippen molar-refractivity contribution < 1.29 is 0 Å². The summed E-state index contributed by atoms with van der Waals surface area (Å²) < 4.78 is 0. The van der Waals surface area contributed by atoms with Gasteiger partial charge in [0, 0.05) is 12.1 Å². The third-order valence-electron chi connectivity index (χ3n) is 1.99. The van der Waals surface area contributed by atoms with Crippen LogP contribution in [0.25, 0.3) is 11.3 Å². The summed E-state index contributed by atoms with van der Waals surface area (Å²) in [7, 11) is 0. The second-order valence-electron chi connectivity index (χ2n) is 2.97. The van der Waals surface area contributed by atoms with Gasteiger partial charge in [-0.25, -0.2) is 4.98 Å². The lowest BCUT2D eigenvalue weighted by Crippen LogP contribution is -1.94. The standard InChI is InChI=1S/C11H9N3S/c12-6-9-11(14-10(7-13)15-9)8-4-2-1-3-5-8/h1-5H,7,13H2. The number of hydrogen-bond acceptors (Lipinski definition) is 4. The summed E-state index contributed by atoms with van der Waals surface area (Å²) in [6, 6.07) is 11.8. The molecule has 0 fully saturated rings. The summed E-state index contributed by atoms with van der Waals surface area (Å²) in [6.45, 7) is 0.381. The minimum atomic E-state index is 0.381. The molecule has 0 aliphatic heterocycles. The first-order valence-corrected chi connectivity index (χ1v) is 5.32. The van der Waals surface area contributed by atoms with Crippen LogP contribution in [0.1, 0.15) is 9.88 Å². The Morgan fingerprint density at radius 1 is 1.33 bits per heavy atom. The van der Waals surface area contributed by atoms with E-state index in [1.807, 2.05) is 30.3 Å². The van der Waals surface area contributed by atoms with Gasteiger partial charge in [-0.2, -0.15) is 5.26 Å². The molecule has 15 heavy (non-hydrogen) atoms. The zero-order valence-electron chi connectivity index (χ0n) is 7.97. The minimum absolute atomic E-state index is 0.381. The topological polar surface area (TPSA) is 62.7 Å². The van der Waals surface area contributed by atoms with E-state index in [4.69, 9.17) is 11.0 Å². The van der Waals surface area contributed by atoms with Crippen molar-refractivity contribution in [1.82, 2.24) is 4.98 Å². The second kappa shape index (κ2) is 4.22. The van der Waals surface area contributed by atoms with E-state index in [0.717, 1.165) is 16.3 Å². The summed E-state index contributed by atoms with van der Waals surface area (Å²) in [6.07, 6.45) is 0. The molecule has 2 rings (SSSR count). The number of hydrogen-bond donors (Lipinski definition) is 1. The Morgan fingerprint density at radius 2 is 2.07 bits per heavy atom. The van der Waals surface area contributed by atoms with Gasteiger partial charge in [-0.05, 0) is 0 Å². The van der Waals surface area contributed by atoms with Crippen LogP contribution in [0, 0.1) is 11.3 Å². The molecule has 0 bridgehead atoms. The maximum absolute atomic E-state index is 8.97. The number of rotatable bonds is 2. The highest BCUT2D eigenvalue weighted by atomic mass is 32.1. The molecule has 0 amide bonds. The average molecular weight is 215 g/mol. The molecule has 0 radical (unpaired) electrons. The molecule has 2 N–H and O–H groups in total. The molecule has 2 aromatic rings. The quantitative estimate of drug-likeness (QED) is 0.834. The van der Waals surface area contributed by atoms with Gasteiger partial charge < -0.3 is 5.73 Å². The Bertz CT molecular complexity index is 496. The molecule has 0 aliphatic rings. The third-order valence-corrected chi connectivity index (χ3v) is 2.98. The molecule has 74 valence electrons. The van der Waals surface area contributed by atoms with E-state index in [2.05, 4.69) is 11.1 Å². The monoisotopic (exact) mass is 215 g/mol. The summed E-state index contributed by atoms with van der Waals surface area (Å²) in [5, 5.41) is 9.76. The van der Waals surface area contributed by atoms with Crippen LogP contribution < -0.4 is 5.73 Å². The first-order chi connectivity index (χ1) is 7.35. The fourth-order valence-corrected chi connectivity index (χ4v) is 2.08. The van der Waals surface area contributed by atoms with Gasteiger partial charge in [0.2, 0.25) is 0 Å². The van der Waals surface area contributed by atoms with Crippen molar-refractivity contribution >= 4 is 11.3 Å². The highest BCUT2D eigenvalue weighted by molar-refractivity contribution is 7.12. The van der Waals surface area contributed by atoms with Crippen molar-refractivity contribution in [3.8, 4) is 17.3 Å². The number of nitrogens with two attached hydrogens (primary N) is 1. The molecular weight excluding hydrogens is 206 g/mol. The van der Waals surface area contributed by atoms with Gasteiger partial charge in [0.15, 0.2) is 0 Å². The van der Waals surface area contributed by atoms with Gasteiger partial charge in [0.1, 0.15) is 16.0 Å². The largest absolute Gasteiger partial charge is 0.325 e. The molecule has 0 atom stereocenters. The van der Waals surface area contributed by atoms with E-state index >= 15 is 0 Å². The SMILES string of the molecule is N#Cc1sc(CN)nc1-c1ccccc1. The van der Waals surface area contributed by atoms with Gasteiger partial charge >= 0.3 is 0 Å². The lowest BCUT2D eigenvalue weighted by atomic mass is 10.1. The van der Waals surface area contributed by atoms with E-state index in [-0.39, 0.29) is 0 Å². The smallest absolute Gasteiger partial charge is 0.132 e. The molecule has 0 spiro atoms. The summed E-state index contributed by atoms with van der Waals surface area (Å²) >= 11 is 1.36. The van der Waals surface area contributed by atoms with Crippen molar-refractivity contribution in [3.63, 3.8) is 0 Å². The lowest BCUT2D eigenvalue weighted by Gasteiger charge is -1.95. The van der Waals surface area contributed by atoms with Crippen molar-refractivity contribution in [2.45, 2.75) is 6.54 Å². The molecule has 1 aromatic carbocycles. The molecule has 0 saturated carbocycles. The lowest BCUT2D eigenvalue weighted by molar-refractivity contribution is 1.04. The van der Waals surface area contributed by atoms with Gasteiger partial charge in [-0.15, -0.1) is 11.3 Å². The minimum Gasteiger partial charge on any atom is -0.325 e. The Labute approximate surface area is 91.8 Å². The van der Waals surface area contributed by atoms with Crippen molar-refractivity contribution in [2.24, 2.45) is 5.73 Å². The van der Waals surface area contributed by atoms with Gasteiger partial charge in [-0.1, -0.05) is 30.3 Å². The zero-order chi connectivity index (χ0) is 10.7. The van der Waals surface area contributed by atoms with Crippen LogP contribution in [0.15, 0.2) is 30.3 Å². The normalized spacial score (nSPS) is 9.87. The molecular formula is C11H9N3S. The molecule has 0 aliphatic carbocycles. The molecule has 0 saturated heterocycles. The Morgan fingerprint density at radius 3 is 2.67 bits per heavy atom. The molecule has 3 nitrogen and oxygen atoms in total. The highest BCUT2D eigenvalue weighted by Crippen LogP contribution is 2.27. The predicted octanol–water partition coefficient (Wildman–Crippen LogP) is 2.14. The highest BCUT2D eigenvalue weighted by Gasteiger charge is 2.11. The maximum atomic E-state index is 8.97. The Kier molecular flexibility index (Phi) is 2.77. The first-order valence-electron chi connectivity index (χ1n) is 4.50. The van der Waals surface area contributed by atoms with E-state index in [9.17, 15) is 0 Å². The maximum Gasteiger partial charge on any atom is 0.132 e. The van der Waals surface area contributed by atoms with Crippen LogP contribution in [-0.2, 0) is 6.54 Å². The van der Waals surface area contributed by atoms with Crippen LogP contribution in [0.3, 0.4) is 0 Å². The van der Waals surface area contributed by atoms with Gasteiger partial charge in [-0.3, -0.25) is 0 Å². The van der Waals surface area contributed by atoms with Crippen LogP contribution >= 0.6 is 11.3 Å². The molecule has 4 heteroatoms. The summed E-state index contributed by atoms with van der Waals surface area (Å²) in [4.78, 5) is 4.97. The molecule has 1 heterocycles. The van der Waals surface area contributed by atoms with Crippen LogP contribution in [0.4, 0.5) is 0 Å². The van der Waals surface area contributed by atoms with Crippen molar-refractivity contribution in [1.29, 1.82) is 5.26 Å². The number of nitrogens with zero attached hydrogens (tertiary/aromatic N) is 2. The Hall–Kier alpha value is -1.70. The van der Waals surface area contributed by atoms with Crippen molar-refractivity contribution in [2.75, 3.05) is 0 Å². The van der Waals surface area contributed by atoms with Crippen LogP contribution in [0.5, 0.6) is 0 Å². The molecule has 1 aromatic heterocycles. The molecule has 0 unspecified atom stereocenters. The fraction of sp³-hybridized carbons (Fsp3) is 0.0909. The fourth-order valence-electron chi connectivity index (χ4n) is 1.32.